The number of sulfonamides is 1. The molecule has 0 aromatic heterocycles. The summed E-state index contributed by atoms with van der Waals surface area (Å²) in [6.07, 6.45) is 0. The zero-order valence-corrected chi connectivity index (χ0v) is 16.1. The summed E-state index contributed by atoms with van der Waals surface area (Å²) in [5.41, 5.74) is 0. The molecule has 1 rings (SSSR count). The molecule has 0 aliphatic carbocycles. The molecule has 0 saturated carbocycles. The smallest absolute Gasteiger partial charge is 0.324 e. The first kappa shape index (κ1) is 21.0. The van der Waals surface area contributed by atoms with Crippen molar-refractivity contribution in [2.45, 2.75) is 38.6 Å². The van der Waals surface area contributed by atoms with Gasteiger partial charge in [-0.3, -0.25) is 4.79 Å². The third-order valence-corrected chi connectivity index (χ3v) is 5.58. The summed E-state index contributed by atoms with van der Waals surface area (Å²) in [6.45, 7) is 7.37. The number of carbonyl (C=O) groups is 1. The predicted molar refractivity (Wildman–Crippen MR) is 95.6 cm³/mol. The fourth-order valence-corrected chi connectivity index (χ4v) is 4.11. The molecule has 0 bridgehead atoms. The van der Waals surface area contributed by atoms with Gasteiger partial charge in [-0.25, -0.2) is 8.42 Å². The van der Waals surface area contributed by atoms with E-state index in [9.17, 15) is 13.2 Å². The van der Waals surface area contributed by atoms with Crippen LogP contribution in [-0.2, 0) is 19.6 Å². The zero-order chi connectivity index (χ0) is 19.0. The SMILES string of the molecule is CC#CCOc1ccc(S(=O)(=O)N(CC)C(C(=O)OC)C(C)C)cc1. The standard InChI is InChI=1S/C18H25NO5S/c1-6-8-13-24-15-9-11-16(12-10-15)25(21,22)19(7-2)17(14(3)4)18(20)23-5/h9-12,14,17H,7,13H2,1-5H3. The molecule has 6 nitrogen and oxygen atoms in total. The molecule has 0 aliphatic rings. The van der Waals surface area contributed by atoms with E-state index in [0.717, 1.165) is 0 Å². The molecule has 0 spiro atoms. The van der Waals surface area contributed by atoms with Crippen molar-refractivity contribution in [2.75, 3.05) is 20.3 Å². The maximum Gasteiger partial charge on any atom is 0.324 e. The van der Waals surface area contributed by atoms with Gasteiger partial charge in [-0.1, -0.05) is 26.7 Å². The van der Waals surface area contributed by atoms with Crippen LogP contribution in [0.5, 0.6) is 5.75 Å². The number of hydrogen-bond donors (Lipinski definition) is 0. The molecule has 0 radical (unpaired) electrons. The van der Waals surface area contributed by atoms with Gasteiger partial charge in [0.25, 0.3) is 0 Å². The molecule has 0 aliphatic heterocycles. The first-order valence-electron chi connectivity index (χ1n) is 8.01. The molecule has 1 aromatic carbocycles. The number of hydrogen-bond acceptors (Lipinski definition) is 5. The maximum atomic E-state index is 13.0. The summed E-state index contributed by atoms with van der Waals surface area (Å²) >= 11 is 0. The molecular formula is C18H25NO5S. The number of nitrogens with zero attached hydrogens (tertiary/aromatic N) is 1. The Morgan fingerprint density at radius 2 is 1.84 bits per heavy atom. The van der Waals surface area contributed by atoms with Gasteiger partial charge >= 0.3 is 5.97 Å². The number of methoxy groups -OCH3 is 1. The van der Waals surface area contributed by atoms with Gasteiger partial charge in [-0.2, -0.15) is 4.31 Å². The Kier molecular flexibility index (Phi) is 7.94. The van der Waals surface area contributed by atoms with Gasteiger partial charge in [0, 0.05) is 6.54 Å². The largest absolute Gasteiger partial charge is 0.481 e. The molecule has 0 fully saturated rings. The summed E-state index contributed by atoms with van der Waals surface area (Å²) in [4.78, 5) is 12.2. The van der Waals surface area contributed by atoms with Gasteiger partial charge in [0.1, 0.15) is 18.4 Å². The van der Waals surface area contributed by atoms with Crippen molar-refractivity contribution in [1.82, 2.24) is 4.31 Å². The molecule has 1 atom stereocenters. The fourth-order valence-electron chi connectivity index (χ4n) is 2.39. The van der Waals surface area contributed by atoms with Crippen molar-refractivity contribution in [2.24, 2.45) is 5.92 Å². The van der Waals surface area contributed by atoms with Crippen LogP contribution in [0, 0.1) is 17.8 Å². The molecule has 7 heteroatoms. The molecule has 0 amide bonds. The van der Waals surface area contributed by atoms with Crippen LogP contribution in [0.15, 0.2) is 29.2 Å². The van der Waals surface area contributed by atoms with E-state index in [2.05, 4.69) is 11.8 Å². The quantitative estimate of drug-likeness (QED) is 0.521. The number of likely N-dealkylation sites (N-methyl/N-ethyl adjacent to an activating group) is 1. The molecule has 1 aromatic rings. The Hall–Kier alpha value is -2.04. The normalized spacial score (nSPS) is 12.4. The van der Waals surface area contributed by atoms with E-state index in [4.69, 9.17) is 9.47 Å². The summed E-state index contributed by atoms with van der Waals surface area (Å²) in [6, 6.07) is 5.18. The van der Waals surface area contributed by atoms with Crippen molar-refractivity contribution in [1.29, 1.82) is 0 Å². The number of ether oxygens (including phenoxy) is 2. The lowest BCUT2D eigenvalue weighted by Gasteiger charge is -2.30. The number of esters is 1. The topological polar surface area (TPSA) is 72.9 Å². The molecule has 138 valence electrons. The van der Waals surface area contributed by atoms with Gasteiger partial charge < -0.3 is 9.47 Å². The van der Waals surface area contributed by atoms with Gasteiger partial charge in [0.15, 0.2) is 0 Å². The van der Waals surface area contributed by atoms with Crippen molar-refractivity contribution in [3.8, 4) is 17.6 Å². The van der Waals surface area contributed by atoms with E-state index < -0.39 is 22.0 Å². The minimum Gasteiger partial charge on any atom is -0.481 e. The van der Waals surface area contributed by atoms with Crippen LogP contribution < -0.4 is 4.74 Å². The number of rotatable bonds is 8. The zero-order valence-electron chi connectivity index (χ0n) is 15.3. The van der Waals surface area contributed by atoms with E-state index in [1.54, 1.807) is 39.8 Å². The first-order valence-corrected chi connectivity index (χ1v) is 9.45. The van der Waals surface area contributed by atoms with E-state index in [1.165, 1.54) is 23.5 Å². The summed E-state index contributed by atoms with van der Waals surface area (Å²) in [5.74, 6) is 5.21. The Bertz CT molecular complexity index is 729. The molecule has 0 N–H and O–H groups in total. The lowest BCUT2D eigenvalue weighted by molar-refractivity contribution is -0.146. The van der Waals surface area contributed by atoms with Crippen molar-refractivity contribution >= 4 is 16.0 Å². The highest BCUT2D eigenvalue weighted by molar-refractivity contribution is 7.89. The molecule has 0 heterocycles. The van der Waals surface area contributed by atoms with Gasteiger partial charge in [0.05, 0.1) is 12.0 Å². The second kappa shape index (κ2) is 9.44. The second-order valence-corrected chi connectivity index (χ2v) is 7.50. The summed E-state index contributed by atoms with van der Waals surface area (Å²) in [7, 11) is -2.59. The highest BCUT2D eigenvalue weighted by Crippen LogP contribution is 2.24. The van der Waals surface area contributed by atoms with Crippen LogP contribution in [-0.4, -0.2) is 45.0 Å². The average molecular weight is 367 g/mol. The van der Waals surface area contributed by atoms with Crippen molar-refractivity contribution in [3.05, 3.63) is 24.3 Å². The van der Waals surface area contributed by atoms with Crippen LogP contribution in [0.2, 0.25) is 0 Å². The van der Waals surface area contributed by atoms with Gasteiger partial charge in [-0.15, -0.1) is 5.92 Å². The van der Waals surface area contributed by atoms with Gasteiger partial charge in [0.2, 0.25) is 10.0 Å². The first-order chi connectivity index (χ1) is 11.8. The van der Waals surface area contributed by atoms with E-state index >= 15 is 0 Å². The average Bonchev–Trinajstić information content (AvgIpc) is 2.59. The second-order valence-electron chi connectivity index (χ2n) is 5.61. The van der Waals surface area contributed by atoms with E-state index in [-0.39, 0.29) is 24.0 Å². The van der Waals surface area contributed by atoms with Crippen molar-refractivity contribution in [3.63, 3.8) is 0 Å². The summed E-state index contributed by atoms with van der Waals surface area (Å²) < 4.78 is 37.3. The molecule has 1 unspecified atom stereocenters. The summed E-state index contributed by atoms with van der Waals surface area (Å²) in [5, 5.41) is 0. The molecule has 0 saturated heterocycles. The predicted octanol–water partition coefficient (Wildman–Crippen LogP) is 2.30. The fraction of sp³-hybridized carbons (Fsp3) is 0.500. The maximum absolute atomic E-state index is 13.0. The minimum absolute atomic E-state index is 0.0952. The number of benzene rings is 1. The van der Waals surface area contributed by atoms with Gasteiger partial charge in [-0.05, 0) is 37.1 Å². The number of carbonyl (C=O) groups excluding carboxylic acids is 1. The van der Waals surface area contributed by atoms with Crippen molar-refractivity contribution < 1.29 is 22.7 Å². The monoisotopic (exact) mass is 367 g/mol. The Labute approximate surface area is 150 Å². The lowest BCUT2D eigenvalue weighted by atomic mass is 10.1. The highest BCUT2D eigenvalue weighted by Gasteiger charge is 2.37. The van der Waals surface area contributed by atoms with Crippen LogP contribution in [0.25, 0.3) is 0 Å². The van der Waals surface area contributed by atoms with E-state index in [0.29, 0.717) is 5.75 Å². The molecule has 25 heavy (non-hydrogen) atoms. The van der Waals surface area contributed by atoms with E-state index in [1.807, 2.05) is 0 Å². The third-order valence-electron chi connectivity index (χ3n) is 3.61. The Morgan fingerprint density at radius 3 is 2.28 bits per heavy atom. The lowest BCUT2D eigenvalue weighted by Crippen LogP contribution is -2.48. The third kappa shape index (κ3) is 5.21. The minimum atomic E-state index is -3.84. The van der Waals surface area contributed by atoms with Crippen LogP contribution in [0.3, 0.4) is 0 Å². The Balaban J connectivity index is 3.14. The van der Waals surface area contributed by atoms with Crippen LogP contribution in [0.4, 0.5) is 0 Å². The Morgan fingerprint density at radius 1 is 1.24 bits per heavy atom. The highest BCUT2D eigenvalue weighted by atomic mass is 32.2. The molecular weight excluding hydrogens is 342 g/mol. The van der Waals surface area contributed by atoms with Crippen LogP contribution in [0.1, 0.15) is 27.7 Å². The van der Waals surface area contributed by atoms with Crippen LogP contribution >= 0.6 is 0 Å².